The monoisotopic (exact) mass is 211 g/mol. The van der Waals surface area contributed by atoms with Gasteiger partial charge in [0, 0.05) is 5.70 Å². The summed E-state index contributed by atoms with van der Waals surface area (Å²) in [5.41, 5.74) is 0.335. The highest BCUT2D eigenvalue weighted by molar-refractivity contribution is 7.73. The van der Waals surface area contributed by atoms with E-state index in [4.69, 9.17) is 0 Å². The fourth-order valence-electron chi connectivity index (χ4n) is 1.45. The predicted molar refractivity (Wildman–Crippen MR) is 47.8 cm³/mol. The number of nitrogens with one attached hydrogen (secondary N) is 1. The standard InChI is InChI=1S/C8H5NO4S/c10-7-6-4(9-8(7)11)2-1-3-5(6)14(12)13/h1-3,6H,(H,9,11). The molecular formula is C8H5NO4S. The number of amides is 1. The molecule has 0 aromatic heterocycles. The molecule has 1 aliphatic heterocycles. The van der Waals surface area contributed by atoms with Gasteiger partial charge in [0.1, 0.15) is 5.92 Å². The lowest BCUT2D eigenvalue weighted by Gasteiger charge is -2.09. The second-order valence-corrected chi connectivity index (χ2v) is 3.81. The molecule has 2 aliphatic rings. The van der Waals surface area contributed by atoms with Crippen LogP contribution in [0.4, 0.5) is 0 Å². The van der Waals surface area contributed by atoms with E-state index in [0.717, 1.165) is 0 Å². The molecule has 1 amide bonds. The zero-order valence-electron chi connectivity index (χ0n) is 6.85. The summed E-state index contributed by atoms with van der Waals surface area (Å²) in [6.07, 6.45) is 4.31. The molecule has 0 aromatic rings. The highest BCUT2D eigenvalue weighted by Crippen LogP contribution is 2.22. The fourth-order valence-corrected chi connectivity index (χ4v) is 2.07. The number of allylic oxidation sites excluding steroid dienone is 4. The molecule has 14 heavy (non-hydrogen) atoms. The van der Waals surface area contributed by atoms with Crippen LogP contribution in [0.15, 0.2) is 23.9 Å². The number of rotatable bonds is 0. The van der Waals surface area contributed by atoms with Crippen LogP contribution in [0, 0.1) is 5.92 Å². The first-order chi connectivity index (χ1) is 6.61. The van der Waals surface area contributed by atoms with Crippen molar-refractivity contribution >= 4 is 26.8 Å². The van der Waals surface area contributed by atoms with Crippen LogP contribution in [0.1, 0.15) is 0 Å². The minimum absolute atomic E-state index is 0.0640. The largest absolute Gasteiger partial charge is 0.322 e. The Morgan fingerprint density at radius 3 is 2.64 bits per heavy atom. The summed E-state index contributed by atoms with van der Waals surface area (Å²) in [5, 5.41) is 2.32. The van der Waals surface area contributed by atoms with Crippen LogP contribution in [0.2, 0.25) is 0 Å². The summed E-state index contributed by atoms with van der Waals surface area (Å²) >= 11 is 0. The summed E-state index contributed by atoms with van der Waals surface area (Å²) < 4.78 is 21.5. The number of Topliss-reactive ketones (excluding diaryl/α,β-unsaturated/α-hetero) is 1. The molecule has 1 unspecified atom stereocenters. The molecule has 0 radical (unpaired) electrons. The first-order valence-corrected chi connectivity index (χ1v) is 4.88. The summed E-state index contributed by atoms with van der Waals surface area (Å²) in [7, 11) is -2.47. The molecule has 6 heteroatoms. The maximum absolute atomic E-state index is 11.3. The van der Waals surface area contributed by atoms with Crippen LogP contribution >= 0.6 is 0 Å². The van der Waals surface area contributed by atoms with E-state index in [2.05, 4.69) is 5.32 Å². The Labute approximate surface area is 80.6 Å². The van der Waals surface area contributed by atoms with Gasteiger partial charge in [0.05, 0.1) is 4.86 Å². The lowest BCUT2D eigenvalue weighted by molar-refractivity contribution is -0.135. The number of carbonyl (C=O) groups is 2. The van der Waals surface area contributed by atoms with Gasteiger partial charge in [-0.1, -0.05) is 6.08 Å². The Morgan fingerprint density at radius 2 is 2.00 bits per heavy atom. The third kappa shape index (κ3) is 1.12. The second kappa shape index (κ2) is 2.91. The van der Waals surface area contributed by atoms with Crippen molar-refractivity contribution < 1.29 is 18.0 Å². The SMILES string of the molecule is O=C1NC2=CC=CC(=S(=O)=O)C2C1=O. The van der Waals surface area contributed by atoms with Gasteiger partial charge >= 0.3 is 0 Å². The summed E-state index contributed by atoms with van der Waals surface area (Å²) in [6.45, 7) is 0. The van der Waals surface area contributed by atoms with Crippen LogP contribution < -0.4 is 5.32 Å². The maximum Gasteiger partial charge on any atom is 0.292 e. The summed E-state index contributed by atoms with van der Waals surface area (Å²) in [5.74, 6) is -2.43. The van der Waals surface area contributed by atoms with E-state index in [0.29, 0.717) is 5.70 Å². The quantitative estimate of drug-likeness (QED) is 0.403. The van der Waals surface area contributed by atoms with Gasteiger partial charge in [0.15, 0.2) is 0 Å². The lowest BCUT2D eigenvalue weighted by atomic mass is 9.96. The second-order valence-electron chi connectivity index (χ2n) is 2.87. The van der Waals surface area contributed by atoms with Gasteiger partial charge in [0.2, 0.25) is 16.1 Å². The highest BCUT2D eigenvalue weighted by atomic mass is 32.2. The van der Waals surface area contributed by atoms with Crippen LogP contribution in [-0.2, 0) is 19.9 Å². The third-order valence-electron chi connectivity index (χ3n) is 2.07. The molecule has 1 atom stereocenters. The Kier molecular flexibility index (Phi) is 1.85. The number of hydrogen-bond acceptors (Lipinski definition) is 4. The topological polar surface area (TPSA) is 80.3 Å². The molecule has 1 heterocycles. The Bertz CT molecular complexity index is 516. The van der Waals surface area contributed by atoms with E-state index in [1.807, 2.05) is 0 Å². The Morgan fingerprint density at radius 1 is 1.29 bits per heavy atom. The van der Waals surface area contributed by atoms with Crippen molar-refractivity contribution in [1.82, 2.24) is 5.32 Å². The normalized spacial score (nSPS) is 24.4. The maximum atomic E-state index is 11.3. The zero-order valence-corrected chi connectivity index (χ0v) is 7.67. The molecule has 0 saturated carbocycles. The molecule has 72 valence electrons. The van der Waals surface area contributed by atoms with Gasteiger partial charge in [-0.3, -0.25) is 9.59 Å². The van der Waals surface area contributed by atoms with Gasteiger partial charge in [-0.2, -0.15) is 8.42 Å². The number of fused-ring (bicyclic) bond motifs is 1. The van der Waals surface area contributed by atoms with Gasteiger partial charge in [-0.05, 0) is 12.2 Å². The third-order valence-corrected chi connectivity index (χ3v) is 2.82. The number of ketones is 1. The minimum Gasteiger partial charge on any atom is -0.322 e. The molecule has 1 N–H and O–H groups in total. The van der Waals surface area contributed by atoms with E-state index in [9.17, 15) is 18.0 Å². The van der Waals surface area contributed by atoms with Crippen LogP contribution in [0.5, 0.6) is 0 Å². The summed E-state index contributed by atoms with van der Waals surface area (Å²) in [4.78, 5) is 22.2. The van der Waals surface area contributed by atoms with E-state index < -0.39 is 27.9 Å². The molecule has 0 bridgehead atoms. The smallest absolute Gasteiger partial charge is 0.292 e. The first-order valence-electron chi connectivity index (χ1n) is 3.81. The number of carbonyl (C=O) groups excluding carboxylic acids is 2. The van der Waals surface area contributed by atoms with Crippen molar-refractivity contribution in [3.63, 3.8) is 0 Å². The first kappa shape index (κ1) is 8.89. The van der Waals surface area contributed by atoms with Crippen molar-refractivity contribution in [2.45, 2.75) is 0 Å². The van der Waals surface area contributed by atoms with Gasteiger partial charge < -0.3 is 5.32 Å². The molecule has 2 rings (SSSR count). The van der Waals surface area contributed by atoms with Gasteiger partial charge in [0.25, 0.3) is 5.91 Å². The van der Waals surface area contributed by atoms with E-state index in [-0.39, 0.29) is 4.86 Å². The fraction of sp³-hybridized carbons (Fsp3) is 0.125. The van der Waals surface area contributed by atoms with Gasteiger partial charge in [-0.15, -0.1) is 0 Å². The average molecular weight is 211 g/mol. The van der Waals surface area contributed by atoms with E-state index in [1.54, 1.807) is 0 Å². The van der Waals surface area contributed by atoms with Crippen LogP contribution in [0.25, 0.3) is 0 Å². The van der Waals surface area contributed by atoms with Crippen molar-refractivity contribution in [2.24, 2.45) is 5.92 Å². The Balaban J connectivity index is 2.63. The zero-order chi connectivity index (χ0) is 10.3. The average Bonchev–Trinajstić information content (AvgIpc) is 2.43. The number of hydrogen-bond donors (Lipinski definition) is 1. The van der Waals surface area contributed by atoms with E-state index in [1.165, 1.54) is 18.2 Å². The van der Waals surface area contributed by atoms with Crippen LogP contribution in [0.3, 0.4) is 0 Å². The molecule has 0 spiro atoms. The molecule has 1 aliphatic carbocycles. The minimum atomic E-state index is -2.47. The highest BCUT2D eigenvalue weighted by Gasteiger charge is 2.40. The molecule has 1 fully saturated rings. The van der Waals surface area contributed by atoms with Crippen molar-refractivity contribution in [1.29, 1.82) is 0 Å². The van der Waals surface area contributed by atoms with Crippen LogP contribution in [-0.4, -0.2) is 25.0 Å². The molecule has 5 nitrogen and oxygen atoms in total. The molecule has 1 saturated heterocycles. The lowest BCUT2D eigenvalue weighted by Crippen LogP contribution is -2.23. The predicted octanol–water partition coefficient (Wildman–Crippen LogP) is -1.19. The van der Waals surface area contributed by atoms with Crippen molar-refractivity contribution in [3.05, 3.63) is 23.9 Å². The molecule has 0 aromatic carbocycles. The summed E-state index contributed by atoms with van der Waals surface area (Å²) in [6, 6.07) is 0. The van der Waals surface area contributed by atoms with E-state index >= 15 is 0 Å². The Hall–Kier alpha value is -1.69. The molecular weight excluding hydrogens is 206 g/mol. The van der Waals surface area contributed by atoms with Crippen molar-refractivity contribution in [3.8, 4) is 0 Å². The van der Waals surface area contributed by atoms with Crippen molar-refractivity contribution in [2.75, 3.05) is 0 Å². The van der Waals surface area contributed by atoms with Gasteiger partial charge in [-0.25, -0.2) is 0 Å².